The van der Waals surface area contributed by atoms with Crippen LogP contribution in [-0.2, 0) is 4.79 Å². The Kier molecular flexibility index (Phi) is 5.26. The lowest BCUT2D eigenvalue weighted by molar-refractivity contribution is 0.385. The summed E-state index contributed by atoms with van der Waals surface area (Å²) in [6.45, 7) is 4.14. The minimum atomic E-state index is 0.592. The maximum Gasteiger partial charge on any atom is 0.240 e. The highest BCUT2D eigenvalue weighted by Crippen LogP contribution is 2.17. The van der Waals surface area contributed by atoms with E-state index < -0.39 is 0 Å². The molecular formula is C12H13NO2Si. The molecule has 0 heterocycles. The fourth-order valence-corrected chi connectivity index (χ4v) is 1.78. The predicted molar refractivity (Wildman–Crippen MR) is 64.9 cm³/mol. The second-order valence-electron chi connectivity index (χ2n) is 3.41. The average molecular weight is 231 g/mol. The van der Waals surface area contributed by atoms with E-state index in [0.717, 1.165) is 5.75 Å². The first kappa shape index (κ1) is 12.4. The summed E-state index contributed by atoms with van der Waals surface area (Å²) in [7, 11) is 0.666. The molecule has 1 rings (SSSR count). The van der Waals surface area contributed by atoms with E-state index in [9.17, 15) is 4.79 Å². The minimum Gasteiger partial charge on any atom is -0.497 e. The minimum absolute atomic E-state index is 0.592. The number of nitrogens with zero attached hydrogens (tertiary/aromatic N) is 1. The van der Waals surface area contributed by atoms with E-state index >= 15 is 0 Å². The largest absolute Gasteiger partial charge is 0.497 e. The lowest BCUT2D eigenvalue weighted by Crippen LogP contribution is -2.04. The second kappa shape index (κ2) is 6.77. The van der Waals surface area contributed by atoms with Crippen LogP contribution in [0.15, 0.2) is 40.5 Å². The van der Waals surface area contributed by atoms with Crippen molar-refractivity contribution in [2.75, 3.05) is 6.23 Å². The number of carbonyl (C=O) groups excluding carboxylic acids is 1. The van der Waals surface area contributed by atoms with Crippen molar-refractivity contribution in [1.82, 2.24) is 0 Å². The van der Waals surface area contributed by atoms with Crippen molar-refractivity contribution >= 4 is 21.3 Å². The van der Waals surface area contributed by atoms with Crippen LogP contribution in [0.3, 0.4) is 0 Å². The Morgan fingerprint density at radius 2 is 2.12 bits per heavy atom. The quantitative estimate of drug-likeness (QED) is 0.338. The normalized spacial score (nSPS) is 9.12. The Balaban J connectivity index is 2.43. The number of aliphatic imine (C=N–C) groups is 1. The van der Waals surface area contributed by atoms with E-state index in [1.165, 1.54) is 11.7 Å². The van der Waals surface area contributed by atoms with Gasteiger partial charge in [-0.3, -0.25) is 0 Å². The van der Waals surface area contributed by atoms with Crippen LogP contribution in [0.25, 0.3) is 0 Å². The zero-order valence-electron chi connectivity index (χ0n) is 9.36. The van der Waals surface area contributed by atoms with E-state index in [1.807, 2.05) is 0 Å². The molecule has 2 radical (unpaired) electrons. The number of isocyanates is 1. The summed E-state index contributed by atoms with van der Waals surface area (Å²) in [5, 5.41) is 0. The molecule has 82 valence electrons. The van der Waals surface area contributed by atoms with Crippen LogP contribution in [0, 0.1) is 0 Å². The number of ether oxygens (including phenoxy) is 1. The summed E-state index contributed by atoms with van der Waals surface area (Å²) in [6.07, 6.45) is 2.18. The average Bonchev–Trinajstić information content (AvgIpc) is 2.27. The highest BCUT2D eigenvalue weighted by molar-refractivity contribution is 6.42. The van der Waals surface area contributed by atoms with Gasteiger partial charge in [0, 0.05) is 0 Å². The Morgan fingerprint density at radius 1 is 1.44 bits per heavy atom. The predicted octanol–water partition coefficient (Wildman–Crippen LogP) is 2.62. The van der Waals surface area contributed by atoms with Gasteiger partial charge in [-0.05, 0) is 38.1 Å². The zero-order chi connectivity index (χ0) is 11.8. The number of rotatable bonds is 5. The maximum atomic E-state index is 10.0. The number of hydrogen-bond acceptors (Lipinski definition) is 3. The molecule has 0 amide bonds. The van der Waals surface area contributed by atoms with E-state index in [0.29, 0.717) is 21.4 Å². The summed E-state index contributed by atoms with van der Waals surface area (Å²) >= 11 is 0. The van der Waals surface area contributed by atoms with Gasteiger partial charge in [0.15, 0.2) is 0 Å². The van der Waals surface area contributed by atoms with Crippen LogP contribution in [0.2, 0.25) is 0 Å². The molecule has 0 aliphatic heterocycles. The number of hydrogen-bond donors (Lipinski definition) is 0. The topological polar surface area (TPSA) is 38.7 Å². The van der Waals surface area contributed by atoms with Crippen LogP contribution in [0.4, 0.5) is 5.69 Å². The standard InChI is InChI=1S/C12H13NO2Si/c1-10(2)7-16-9-15-12-5-3-11(4-6-12)13-8-14/h3-7H,9H2,1-2H3. The highest BCUT2D eigenvalue weighted by Gasteiger charge is 1.94. The first-order chi connectivity index (χ1) is 7.72. The van der Waals surface area contributed by atoms with Crippen LogP contribution in [-0.4, -0.2) is 21.8 Å². The highest BCUT2D eigenvalue weighted by atomic mass is 28.2. The third-order valence-corrected chi connectivity index (χ3v) is 2.82. The molecular weight excluding hydrogens is 218 g/mol. The first-order valence-corrected chi connectivity index (χ1v) is 6.18. The Labute approximate surface area is 97.7 Å². The zero-order valence-corrected chi connectivity index (χ0v) is 10.4. The monoisotopic (exact) mass is 231 g/mol. The Bertz CT molecular complexity index is 402. The van der Waals surface area contributed by atoms with Crippen LogP contribution in [0.5, 0.6) is 5.75 Å². The van der Waals surface area contributed by atoms with Gasteiger partial charge in [0.1, 0.15) is 15.3 Å². The van der Waals surface area contributed by atoms with Gasteiger partial charge in [0.2, 0.25) is 6.08 Å². The van der Waals surface area contributed by atoms with Crippen molar-refractivity contribution in [3.8, 4) is 5.75 Å². The van der Waals surface area contributed by atoms with E-state index in [2.05, 4.69) is 24.5 Å². The van der Waals surface area contributed by atoms with Crippen molar-refractivity contribution in [1.29, 1.82) is 0 Å². The Morgan fingerprint density at radius 3 is 2.69 bits per heavy atom. The summed E-state index contributed by atoms with van der Waals surface area (Å²) < 4.78 is 5.52. The van der Waals surface area contributed by atoms with E-state index in [-0.39, 0.29) is 0 Å². The van der Waals surface area contributed by atoms with Gasteiger partial charge in [0.05, 0.1) is 11.9 Å². The van der Waals surface area contributed by atoms with Crippen molar-refractivity contribution in [2.45, 2.75) is 13.8 Å². The second-order valence-corrected chi connectivity index (χ2v) is 4.40. The summed E-state index contributed by atoms with van der Waals surface area (Å²) in [5.41, 5.74) is 4.05. The van der Waals surface area contributed by atoms with Gasteiger partial charge in [-0.15, -0.1) is 0 Å². The molecule has 0 N–H and O–H groups in total. The first-order valence-electron chi connectivity index (χ1n) is 4.90. The molecule has 0 saturated carbocycles. The fourth-order valence-electron chi connectivity index (χ4n) is 1.04. The molecule has 0 saturated heterocycles. The van der Waals surface area contributed by atoms with Crippen molar-refractivity contribution in [3.63, 3.8) is 0 Å². The van der Waals surface area contributed by atoms with Gasteiger partial charge in [-0.25, -0.2) is 4.79 Å². The summed E-state index contributed by atoms with van der Waals surface area (Å²) in [4.78, 5) is 13.5. The maximum absolute atomic E-state index is 10.0. The van der Waals surface area contributed by atoms with E-state index in [1.54, 1.807) is 24.3 Å². The molecule has 0 spiro atoms. The molecule has 4 heteroatoms. The van der Waals surface area contributed by atoms with Crippen LogP contribution >= 0.6 is 0 Å². The number of benzene rings is 1. The third-order valence-electron chi connectivity index (χ3n) is 1.72. The molecule has 0 atom stereocenters. The van der Waals surface area contributed by atoms with Gasteiger partial charge < -0.3 is 4.74 Å². The van der Waals surface area contributed by atoms with E-state index in [4.69, 9.17) is 4.74 Å². The molecule has 3 nitrogen and oxygen atoms in total. The SMILES string of the molecule is CC(C)=C[Si]COc1ccc(N=C=O)cc1. The van der Waals surface area contributed by atoms with Gasteiger partial charge in [-0.1, -0.05) is 11.3 Å². The molecule has 0 bridgehead atoms. The van der Waals surface area contributed by atoms with Crippen LogP contribution < -0.4 is 4.74 Å². The molecule has 1 aromatic rings. The van der Waals surface area contributed by atoms with Gasteiger partial charge in [0.25, 0.3) is 0 Å². The van der Waals surface area contributed by atoms with Crippen molar-refractivity contribution in [3.05, 3.63) is 35.5 Å². The summed E-state index contributed by atoms with van der Waals surface area (Å²) in [5.74, 6) is 0.791. The van der Waals surface area contributed by atoms with Gasteiger partial charge in [-0.2, -0.15) is 4.99 Å². The molecule has 0 aliphatic rings. The van der Waals surface area contributed by atoms with Gasteiger partial charge >= 0.3 is 0 Å². The molecule has 0 fully saturated rings. The molecule has 0 aliphatic carbocycles. The van der Waals surface area contributed by atoms with Crippen molar-refractivity contribution in [2.24, 2.45) is 4.99 Å². The fraction of sp³-hybridized carbons (Fsp3) is 0.250. The molecule has 1 aromatic carbocycles. The third kappa shape index (κ3) is 4.73. The molecule has 16 heavy (non-hydrogen) atoms. The lowest BCUT2D eigenvalue weighted by Gasteiger charge is -2.03. The molecule has 0 unspecified atom stereocenters. The smallest absolute Gasteiger partial charge is 0.240 e. The van der Waals surface area contributed by atoms with Crippen LogP contribution in [0.1, 0.15) is 13.8 Å². The number of allylic oxidation sites excluding steroid dienone is 1. The Hall–Kier alpha value is -1.64. The molecule has 0 aromatic heterocycles. The van der Waals surface area contributed by atoms with Crippen molar-refractivity contribution < 1.29 is 9.53 Å². The lowest BCUT2D eigenvalue weighted by atomic mass is 10.3. The summed E-state index contributed by atoms with van der Waals surface area (Å²) in [6, 6.07) is 7.04.